The molecule has 21 heavy (non-hydrogen) atoms. The lowest BCUT2D eigenvalue weighted by atomic mass is 9.96. The number of amides is 2. The highest BCUT2D eigenvalue weighted by atomic mass is 16.5. The number of nitrogens with one attached hydrogen (secondary N) is 2. The van der Waals surface area contributed by atoms with Gasteiger partial charge in [0.2, 0.25) is 0 Å². The van der Waals surface area contributed by atoms with E-state index in [9.17, 15) is 4.79 Å². The number of ether oxygens (including phenoxy) is 2. The van der Waals surface area contributed by atoms with E-state index in [-0.39, 0.29) is 18.2 Å². The van der Waals surface area contributed by atoms with Gasteiger partial charge in [-0.05, 0) is 32.1 Å². The van der Waals surface area contributed by atoms with Crippen molar-refractivity contribution < 1.29 is 14.3 Å². The standard InChI is InChI=1S/C15H25N3O3/c19-15(17-13-7-10-3-4-14(13)21-10)16-5-6-18-8-11-1-2-12(9-18)20-11/h10-14H,1-9H2,(H2,16,17,19). The van der Waals surface area contributed by atoms with E-state index in [1.165, 1.54) is 12.8 Å². The number of hydrogen-bond donors (Lipinski definition) is 2. The highest BCUT2D eigenvalue weighted by Gasteiger charge is 2.41. The van der Waals surface area contributed by atoms with Crippen LogP contribution in [0.3, 0.4) is 0 Å². The largest absolute Gasteiger partial charge is 0.373 e. The molecule has 2 N–H and O–H groups in total. The Morgan fingerprint density at radius 3 is 2.48 bits per heavy atom. The van der Waals surface area contributed by atoms with Gasteiger partial charge >= 0.3 is 6.03 Å². The summed E-state index contributed by atoms with van der Waals surface area (Å²) in [7, 11) is 0. The topological polar surface area (TPSA) is 62.8 Å². The molecule has 0 aromatic carbocycles. The van der Waals surface area contributed by atoms with Crippen molar-refractivity contribution in [2.75, 3.05) is 26.2 Å². The maximum absolute atomic E-state index is 11.9. The van der Waals surface area contributed by atoms with Crippen molar-refractivity contribution in [2.45, 2.75) is 62.6 Å². The van der Waals surface area contributed by atoms with Gasteiger partial charge in [0.05, 0.1) is 30.5 Å². The van der Waals surface area contributed by atoms with Crippen LogP contribution in [0.1, 0.15) is 32.1 Å². The zero-order valence-electron chi connectivity index (χ0n) is 12.4. The summed E-state index contributed by atoms with van der Waals surface area (Å²) in [5.41, 5.74) is 0. The summed E-state index contributed by atoms with van der Waals surface area (Å²) >= 11 is 0. The molecule has 4 fully saturated rings. The molecule has 4 aliphatic heterocycles. The first-order chi connectivity index (χ1) is 10.3. The number of morpholine rings is 1. The molecule has 0 aromatic heterocycles. The van der Waals surface area contributed by atoms with Crippen LogP contribution in [0.2, 0.25) is 0 Å². The van der Waals surface area contributed by atoms with Crippen LogP contribution in [-0.2, 0) is 9.47 Å². The number of nitrogens with zero attached hydrogens (tertiary/aromatic N) is 1. The number of fused-ring (bicyclic) bond motifs is 4. The van der Waals surface area contributed by atoms with Crippen LogP contribution in [0.5, 0.6) is 0 Å². The Kier molecular flexibility index (Phi) is 3.77. The Hall–Kier alpha value is -0.850. The first-order valence-corrected chi connectivity index (χ1v) is 8.34. The summed E-state index contributed by atoms with van der Waals surface area (Å²) in [5, 5.41) is 6.04. The minimum Gasteiger partial charge on any atom is -0.373 e. The maximum Gasteiger partial charge on any atom is 0.315 e. The average Bonchev–Trinajstić information content (AvgIpc) is 3.15. The summed E-state index contributed by atoms with van der Waals surface area (Å²) < 4.78 is 11.6. The Balaban J connectivity index is 1.15. The molecule has 6 heteroatoms. The molecule has 118 valence electrons. The van der Waals surface area contributed by atoms with Gasteiger partial charge in [0.15, 0.2) is 0 Å². The van der Waals surface area contributed by atoms with Crippen molar-refractivity contribution in [1.82, 2.24) is 15.5 Å². The van der Waals surface area contributed by atoms with Gasteiger partial charge in [0, 0.05) is 26.2 Å². The van der Waals surface area contributed by atoms with Crippen LogP contribution >= 0.6 is 0 Å². The third kappa shape index (κ3) is 3.03. The monoisotopic (exact) mass is 295 g/mol. The summed E-state index contributed by atoms with van der Waals surface area (Å²) in [6.45, 7) is 3.64. The fourth-order valence-electron chi connectivity index (χ4n) is 4.22. The average molecular weight is 295 g/mol. The van der Waals surface area contributed by atoms with E-state index in [0.29, 0.717) is 24.9 Å². The molecule has 6 nitrogen and oxygen atoms in total. The quantitative estimate of drug-likeness (QED) is 0.791. The first-order valence-electron chi connectivity index (χ1n) is 8.34. The Labute approximate surface area is 125 Å². The number of carbonyl (C=O) groups excluding carboxylic acids is 1. The van der Waals surface area contributed by atoms with Crippen LogP contribution < -0.4 is 10.6 Å². The number of hydrogen-bond acceptors (Lipinski definition) is 4. The van der Waals surface area contributed by atoms with E-state index >= 15 is 0 Å². The summed E-state index contributed by atoms with van der Waals surface area (Å²) in [5.74, 6) is 0. The summed E-state index contributed by atoms with van der Waals surface area (Å²) in [4.78, 5) is 14.3. The lowest BCUT2D eigenvalue weighted by Crippen LogP contribution is -2.49. The van der Waals surface area contributed by atoms with E-state index in [2.05, 4.69) is 15.5 Å². The van der Waals surface area contributed by atoms with E-state index in [0.717, 1.165) is 38.9 Å². The fraction of sp³-hybridized carbons (Fsp3) is 0.933. The smallest absolute Gasteiger partial charge is 0.315 e. The second-order valence-corrected chi connectivity index (χ2v) is 6.83. The minimum absolute atomic E-state index is 0.0487. The lowest BCUT2D eigenvalue weighted by Gasteiger charge is -2.32. The summed E-state index contributed by atoms with van der Waals surface area (Å²) in [6.07, 6.45) is 7.08. The normalized spacial score (nSPS) is 41.4. The van der Waals surface area contributed by atoms with Crippen LogP contribution in [0.15, 0.2) is 0 Å². The van der Waals surface area contributed by atoms with Crippen LogP contribution in [-0.4, -0.2) is 67.6 Å². The molecule has 4 aliphatic rings. The predicted octanol–water partition coefficient (Wildman–Crippen LogP) is 0.469. The number of likely N-dealkylation sites (tertiary alicyclic amines) is 1. The van der Waals surface area contributed by atoms with Gasteiger partial charge in [-0.1, -0.05) is 0 Å². The van der Waals surface area contributed by atoms with E-state index in [1.807, 2.05) is 0 Å². The van der Waals surface area contributed by atoms with Gasteiger partial charge in [-0.2, -0.15) is 0 Å². The number of rotatable bonds is 4. The molecular weight excluding hydrogens is 270 g/mol. The van der Waals surface area contributed by atoms with Crippen molar-refractivity contribution in [3.05, 3.63) is 0 Å². The van der Waals surface area contributed by atoms with Gasteiger partial charge in [-0.3, -0.25) is 4.90 Å². The maximum atomic E-state index is 11.9. The summed E-state index contributed by atoms with van der Waals surface area (Å²) in [6, 6.07) is 0.162. The van der Waals surface area contributed by atoms with Crippen molar-refractivity contribution in [2.24, 2.45) is 0 Å². The Bertz CT molecular complexity index is 394. The molecule has 0 radical (unpaired) electrons. The molecule has 0 aliphatic carbocycles. The van der Waals surface area contributed by atoms with Gasteiger partial charge in [-0.15, -0.1) is 0 Å². The zero-order chi connectivity index (χ0) is 14.2. The van der Waals surface area contributed by atoms with Gasteiger partial charge in [-0.25, -0.2) is 4.79 Å². The minimum atomic E-state index is -0.0487. The van der Waals surface area contributed by atoms with Crippen LogP contribution in [0.25, 0.3) is 0 Å². The molecular formula is C15H25N3O3. The highest BCUT2D eigenvalue weighted by Crippen LogP contribution is 2.34. The third-order valence-electron chi connectivity index (χ3n) is 5.26. The molecule has 5 unspecified atom stereocenters. The van der Waals surface area contributed by atoms with E-state index < -0.39 is 0 Å². The SMILES string of the molecule is O=C(NCCN1CC2CCC(C1)O2)NC1CC2CCC1O2. The molecule has 5 atom stereocenters. The van der Waals surface area contributed by atoms with Crippen molar-refractivity contribution >= 4 is 6.03 Å². The molecule has 4 rings (SSSR count). The number of urea groups is 1. The molecule has 2 amide bonds. The van der Waals surface area contributed by atoms with Crippen molar-refractivity contribution in [1.29, 1.82) is 0 Å². The molecule has 0 saturated carbocycles. The highest BCUT2D eigenvalue weighted by molar-refractivity contribution is 5.74. The van der Waals surface area contributed by atoms with Crippen molar-refractivity contribution in [3.63, 3.8) is 0 Å². The van der Waals surface area contributed by atoms with Crippen LogP contribution in [0, 0.1) is 0 Å². The first kappa shape index (κ1) is 13.8. The zero-order valence-corrected chi connectivity index (χ0v) is 12.4. The molecule has 0 aromatic rings. The van der Waals surface area contributed by atoms with E-state index in [4.69, 9.17) is 9.47 Å². The second-order valence-electron chi connectivity index (χ2n) is 6.83. The lowest BCUT2D eigenvalue weighted by molar-refractivity contribution is -0.0374. The second kappa shape index (κ2) is 5.74. The van der Waals surface area contributed by atoms with Crippen molar-refractivity contribution in [3.8, 4) is 0 Å². The Morgan fingerprint density at radius 2 is 1.81 bits per heavy atom. The van der Waals surface area contributed by atoms with Crippen LogP contribution in [0.4, 0.5) is 4.79 Å². The third-order valence-corrected chi connectivity index (χ3v) is 5.26. The molecule has 0 spiro atoms. The number of carbonyl (C=O) groups is 1. The molecule has 4 saturated heterocycles. The van der Waals surface area contributed by atoms with E-state index in [1.54, 1.807) is 0 Å². The molecule has 4 heterocycles. The van der Waals surface area contributed by atoms with Gasteiger partial charge in [0.1, 0.15) is 0 Å². The van der Waals surface area contributed by atoms with Gasteiger partial charge < -0.3 is 20.1 Å². The fourth-order valence-corrected chi connectivity index (χ4v) is 4.22. The predicted molar refractivity (Wildman–Crippen MR) is 77.2 cm³/mol. The van der Waals surface area contributed by atoms with Gasteiger partial charge in [0.25, 0.3) is 0 Å². The molecule has 4 bridgehead atoms. The Morgan fingerprint density at radius 1 is 1.05 bits per heavy atom.